The maximum absolute atomic E-state index is 13.1. The zero-order valence-corrected chi connectivity index (χ0v) is 24.9. The van der Waals surface area contributed by atoms with Crippen LogP contribution in [0.1, 0.15) is 47.8 Å². The number of imidazole rings is 1. The Morgan fingerprint density at radius 2 is 1.80 bits per heavy atom. The summed E-state index contributed by atoms with van der Waals surface area (Å²) in [5.41, 5.74) is 4.42. The maximum atomic E-state index is 13.1. The van der Waals surface area contributed by atoms with Crippen LogP contribution >= 0.6 is 0 Å². The van der Waals surface area contributed by atoms with Gasteiger partial charge in [0.1, 0.15) is 11.9 Å². The number of aromatic nitrogens is 2. The highest BCUT2D eigenvalue weighted by Crippen LogP contribution is 2.34. The van der Waals surface area contributed by atoms with Crippen LogP contribution in [-0.4, -0.2) is 81.2 Å². The number of rotatable bonds is 12. The lowest BCUT2D eigenvalue weighted by atomic mass is 10.00. The van der Waals surface area contributed by atoms with E-state index in [0.29, 0.717) is 54.3 Å². The number of benzene rings is 3. The van der Waals surface area contributed by atoms with Crippen molar-refractivity contribution in [1.29, 1.82) is 0 Å². The molecule has 0 bridgehead atoms. The third kappa shape index (κ3) is 6.32. The van der Waals surface area contributed by atoms with Crippen LogP contribution in [-0.2, 0) is 20.9 Å². The molecule has 234 valence electrons. The van der Waals surface area contributed by atoms with Gasteiger partial charge in [0.05, 0.1) is 24.2 Å². The van der Waals surface area contributed by atoms with Gasteiger partial charge in [0.2, 0.25) is 18.0 Å². The molecule has 1 aromatic heterocycles. The summed E-state index contributed by atoms with van der Waals surface area (Å²) in [7, 11) is 0. The molecular formula is C34H36N4O7. The van der Waals surface area contributed by atoms with Crippen molar-refractivity contribution in [2.45, 2.75) is 44.6 Å². The molecule has 2 fully saturated rings. The van der Waals surface area contributed by atoms with Gasteiger partial charge in [0.25, 0.3) is 11.7 Å². The minimum absolute atomic E-state index is 0.0280. The topological polar surface area (TPSA) is 143 Å². The largest absolute Gasteiger partial charge is 0.493 e. The number of fused-ring (bicyclic) bond motifs is 1. The Kier molecular flexibility index (Phi) is 9.20. The third-order valence-corrected chi connectivity index (χ3v) is 8.17. The number of carbonyl (C=O) groups excluding carboxylic acids is 3. The molecule has 0 aliphatic carbocycles. The van der Waals surface area contributed by atoms with E-state index in [1.54, 1.807) is 16.7 Å². The second-order valence-electron chi connectivity index (χ2n) is 11.2. The molecule has 3 heterocycles. The van der Waals surface area contributed by atoms with E-state index in [4.69, 9.17) is 9.47 Å². The molecule has 3 N–H and O–H groups in total. The summed E-state index contributed by atoms with van der Waals surface area (Å²) in [6.07, 6.45) is 0.891. The Hall–Kier alpha value is -4.58. The van der Waals surface area contributed by atoms with Crippen molar-refractivity contribution in [2.75, 3.05) is 38.2 Å². The number of anilines is 1. The molecule has 11 heteroatoms. The minimum Gasteiger partial charge on any atom is -0.493 e. The Balaban J connectivity index is 1.28. The monoisotopic (exact) mass is 612 g/mol. The molecule has 6 rings (SSSR count). The van der Waals surface area contributed by atoms with Crippen molar-refractivity contribution >= 4 is 34.5 Å². The van der Waals surface area contributed by atoms with Crippen LogP contribution in [0.25, 0.3) is 22.2 Å². The molecule has 4 aromatic rings. The highest BCUT2D eigenvalue weighted by atomic mass is 16.5. The van der Waals surface area contributed by atoms with Crippen LogP contribution < -0.4 is 10.1 Å². The summed E-state index contributed by atoms with van der Waals surface area (Å²) >= 11 is 0. The van der Waals surface area contributed by atoms with Crippen molar-refractivity contribution < 1.29 is 34.1 Å². The smallest absolute Gasteiger partial charge is 0.253 e. The number of hydrogen-bond acceptors (Lipinski definition) is 9. The molecule has 11 nitrogen and oxygen atoms in total. The second-order valence-corrected chi connectivity index (χ2v) is 11.2. The molecule has 45 heavy (non-hydrogen) atoms. The predicted molar refractivity (Wildman–Crippen MR) is 167 cm³/mol. The van der Waals surface area contributed by atoms with Gasteiger partial charge in [-0.2, -0.15) is 0 Å². The number of aliphatic hydroxyl groups excluding tert-OH is 2. The van der Waals surface area contributed by atoms with Crippen LogP contribution in [0.4, 0.5) is 5.95 Å². The molecule has 0 spiro atoms. The number of para-hydroxylation sites is 2. The number of ether oxygens (including phenoxy) is 2. The number of likely N-dealkylation sites (tertiary alicyclic amines) is 1. The van der Waals surface area contributed by atoms with Gasteiger partial charge in [-0.25, -0.2) is 4.98 Å². The minimum atomic E-state index is -1.24. The molecule has 2 atom stereocenters. The summed E-state index contributed by atoms with van der Waals surface area (Å²) in [5, 5.41) is 22.1. The summed E-state index contributed by atoms with van der Waals surface area (Å²) in [6, 6.07) is 20.6. The van der Waals surface area contributed by atoms with Gasteiger partial charge < -0.3 is 29.9 Å². The molecule has 0 unspecified atom stereocenters. The fourth-order valence-electron chi connectivity index (χ4n) is 5.80. The quantitative estimate of drug-likeness (QED) is 0.161. The highest BCUT2D eigenvalue weighted by Gasteiger charge is 2.44. The van der Waals surface area contributed by atoms with E-state index in [-0.39, 0.29) is 12.5 Å². The number of amides is 1. The van der Waals surface area contributed by atoms with Crippen LogP contribution in [0.2, 0.25) is 0 Å². The zero-order valence-electron chi connectivity index (χ0n) is 24.9. The molecule has 2 aliphatic heterocycles. The van der Waals surface area contributed by atoms with E-state index >= 15 is 0 Å². The van der Waals surface area contributed by atoms with E-state index in [9.17, 15) is 24.6 Å². The summed E-state index contributed by atoms with van der Waals surface area (Å²) in [6.45, 7) is 1.77. The van der Waals surface area contributed by atoms with Gasteiger partial charge >= 0.3 is 0 Å². The summed E-state index contributed by atoms with van der Waals surface area (Å²) < 4.78 is 13.4. The predicted octanol–water partition coefficient (Wildman–Crippen LogP) is 3.73. The fourth-order valence-corrected chi connectivity index (χ4v) is 5.80. The molecule has 2 aliphatic rings. The van der Waals surface area contributed by atoms with Gasteiger partial charge in [-0.1, -0.05) is 36.4 Å². The van der Waals surface area contributed by atoms with Gasteiger partial charge in [-0.15, -0.1) is 0 Å². The molecule has 0 saturated carbocycles. The van der Waals surface area contributed by atoms with Crippen LogP contribution in [0.3, 0.4) is 0 Å². The number of hydrogen-bond donors (Lipinski definition) is 3. The first-order chi connectivity index (χ1) is 22.0. The number of Topliss-reactive ketones (excluding diaryl/α,β-unsaturated/α-hetero) is 2. The van der Waals surface area contributed by atoms with Crippen molar-refractivity contribution in [3.63, 3.8) is 0 Å². The number of nitrogens with zero attached hydrogens (tertiary/aromatic N) is 3. The lowest BCUT2D eigenvalue weighted by Crippen LogP contribution is -2.27. The molecule has 0 radical (unpaired) electrons. The highest BCUT2D eigenvalue weighted by molar-refractivity contribution is 6.41. The van der Waals surface area contributed by atoms with Crippen molar-refractivity contribution in [3.8, 4) is 16.9 Å². The first kappa shape index (κ1) is 30.4. The van der Waals surface area contributed by atoms with Crippen LogP contribution in [0.15, 0.2) is 66.7 Å². The van der Waals surface area contributed by atoms with E-state index in [2.05, 4.69) is 10.3 Å². The van der Waals surface area contributed by atoms with Crippen molar-refractivity contribution in [1.82, 2.24) is 14.5 Å². The van der Waals surface area contributed by atoms with Gasteiger partial charge in [-0.3, -0.25) is 19.0 Å². The van der Waals surface area contributed by atoms with E-state index in [0.717, 1.165) is 42.6 Å². The van der Waals surface area contributed by atoms with E-state index < -0.39 is 30.5 Å². The number of unbranched alkanes of at least 4 members (excludes halogenated alkanes) is 1. The second kappa shape index (κ2) is 13.6. The van der Waals surface area contributed by atoms with E-state index in [1.165, 1.54) is 0 Å². The average Bonchev–Trinajstić information content (AvgIpc) is 3.80. The number of nitrogens with one attached hydrogen (secondary N) is 1. The third-order valence-electron chi connectivity index (χ3n) is 8.17. The summed E-state index contributed by atoms with van der Waals surface area (Å²) in [4.78, 5) is 44.8. The average molecular weight is 613 g/mol. The van der Waals surface area contributed by atoms with Crippen molar-refractivity contribution in [2.24, 2.45) is 0 Å². The lowest BCUT2D eigenvalue weighted by molar-refractivity contribution is -0.136. The van der Waals surface area contributed by atoms with Gasteiger partial charge in [0.15, 0.2) is 0 Å². The molecule has 3 aromatic carbocycles. The number of aliphatic hydroxyl groups is 2. The fraction of sp³-hybridized carbons (Fsp3) is 0.353. The number of carbonyl (C=O) groups is 3. The Bertz CT molecular complexity index is 1710. The number of ketones is 2. The first-order valence-electron chi connectivity index (χ1n) is 15.3. The molecule has 1 amide bonds. The Morgan fingerprint density at radius 3 is 2.58 bits per heavy atom. The van der Waals surface area contributed by atoms with Crippen molar-refractivity contribution in [3.05, 3.63) is 77.9 Å². The van der Waals surface area contributed by atoms with Crippen LogP contribution in [0, 0.1) is 0 Å². The van der Waals surface area contributed by atoms with Gasteiger partial charge in [-0.05, 0) is 67.1 Å². The molecule has 2 saturated heterocycles. The van der Waals surface area contributed by atoms with Gasteiger partial charge in [0, 0.05) is 37.4 Å². The summed E-state index contributed by atoms with van der Waals surface area (Å²) in [5.74, 6) is -0.509. The normalized spacial score (nSPS) is 18.2. The zero-order chi connectivity index (χ0) is 31.3. The standard InChI is InChI=1S/C34H36N4O7/c39-16-5-6-17-44-28-18-22(12-13-25(28)23-8-7-9-24(19-23)32(43)37-14-3-4-15-37)20-35-34-36-26-10-1-2-11-27(26)38(34)33-31(42)30(41)29(21-40)45-33/h1-2,7-13,18-19,29,33,39-40H,3-6,14-17,20-21H2,(H,35,36)/t29-,33-/m1/s1. The molecular weight excluding hydrogens is 576 g/mol. The van der Waals surface area contributed by atoms with E-state index in [1.807, 2.05) is 59.5 Å². The maximum Gasteiger partial charge on any atom is 0.253 e. The van der Waals surface area contributed by atoms with Crippen LogP contribution in [0.5, 0.6) is 5.75 Å². The Morgan fingerprint density at radius 1 is 0.978 bits per heavy atom. The Labute approximate surface area is 260 Å². The SMILES string of the molecule is O=C1C(=O)[C@@H](CO)O[C@H]1n1c(NCc2ccc(-c3cccc(C(=O)N4CCCC4)c3)c(OCCCCO)c2)nc2ccccc21. The lowest BCUT2D eigenvalue weighted by Gasteiger charge is -2.18. The first-order valence-corrected chi connectivity index (χ1v) is 15.3.